The summed E-state index contributed by atoms with van der Waals surface area (Å²) in [5, 5.41) is 7.35. The molecular formula is C21H31N5O. The second kappa shape index (κ2) is 8.28. The van der Waals surface area contributed by atoms with Crippen molar-refractivity contribution < 1.29 is 4.79 Å². The van der Waals surface area contributed by atoms with Gasteiger partial charge in [-0.05, 0) is 44.9 Å². The van der Waals surface area contributed by atoms with Crippen LogP contribution in [0.4, 0.5) is 0 Å². The molecule has 27 heavy (non-hydrogen) atoms. The summed E-state index contributed by atoms with van der Waals surface area (Å²) in [4.78, 5) is 19.4. The van der Waals surface area contributed by atoms with Crippen molar-refractivity contribution in [1.29, 1.82) is 0 Å². The highest BCUT2D eigenvalue weighted by Crippen LogP contribution is 2.34. The molecule has 2 fully saturated rings. The minimum atomic E-state index is 0.174. The number of imidazole rings is 1. The van der Waals surface area contributed by atoms with Crippen molar-refractivity contribution in [2.75, 3.05) is 13.1 Å². The fourth-order valence-electron chi connectivity index (χ4n) is 4.73. The molecule has 0 aromatic carbocycles. The third-order valence-electron chi connectivity index (χ3n) is 6.52. The fraction of sp³-hybridized carbons (Fsp3) is 0.667. The number of piperidine rings is 1. The molecule has 0 atom stereocenters. The molecule has 2 aliphatic rings. The highest BCUT2D eigenvalue weighted by molar-refractivity contribution is 5.95. The average Bonchev–Trinajstić information content (AvgIpc) is 3.36. The molecule has 1 saturated carbocycles. The molecule has 3 heterocycles. The van der Waals surface area contributed by atoms with Gasteiger partial charge in [0.05, 0.1) is 17.5 Å². The molecule has 6 nitrogen and oxygen atoms in total. The topological polar surface area (TPSA) is 66.8 Å². The molecule has 1 N–H and O–H groups in total. The zero-order valence-corrected chi connectivity index (χ0v) is 16.4. The van der Waals surface area contributed by atoms with E-state index in [1.54, 1.807) is 6.20 Å². The molecule has 1 aliphatic heterocycles. The first-order valence-electron chi connectivity index (χ1n) is 10.5. The first-order valence-corrected chi connectivity index (χ1v) is 10.5. The predicted octanol–water partition coefficient (Wildman–Crippen LogP) is 3.90. The first kappa shape index (κ1) is 18.3. The van der Waals surface area contributed by atoms with Gasteiger partial charge in [0, 0.05) is 37.9 Å². The van der Waals surface area contributed by atoms with Crippen LogP contribution in [0.25, 0.3) is 0 Å². The molecule has 1 aliphatic carbocycles. The summed E-state index contributed by atoms with van der Waals surface area (Å²) in [6, 6.07) is 0. The Morgan fingerprint density at radius 2 is 1.96 bits per heavy atom. The molecule has 0 radical (unpaired) electrons. The van der Waals surface area contributed by atoms with Crippen LogP contribution >= 0.6 is 0 Å². The Kier molecular flexibility index (Phi) is 5.60. The SMILES string of the molecule is Cc1nccn1CCC1CCN(C(=O)c2cn[nH]c2C2CCCCC2)CC1. The maximum atomic E-state index is 13.1. The summed E-state index contributed by atoms with van der Waals surface area (Å²) in [5.74, 6) is 2.43. The van der Waals surface area contributed by atoms with Gasteiger partial charge in [0.2, 0.25) is 0 Å². The third kappa shape index (κ3) is 4.09. The van der Waals surface area contributed by atoms with Gasteiger partial charge < -0.3 is 9.47 Å². The molecular weight excluding hydrogens is 338 g/mol. The fourth-order valence-corrected chi connectivity index (χ4v) is 4.73. The Balaban J connectivity index is 1.31. The molecule has 2 aromatic heterocycles. The monoisotopic (exact) mass is 369 g/mol. The summed E-state index contributed by atoms with van der Waals surface area (Å²) >= 11 is 0. The molecule has 0 spiro atoms. The van der Waals surface area contributed by atoms with Gasteiger partial charge in [0.1, 0.15) is 5.82 Å². The predicted molar refractivity (Wildman–Crippen MR) is 105 cm³/mol. The summed E-state index contributed by atoms with van der Waals surface area (Å²) in [5.41, 5.74) is 1.90. The normalized spacial score (nSPS) is 19.5. The van der Waals surface area contributed by atoms with Crippen LogP contribution in [0.5, 0.6) is 0 Å². The highest BCUT2D eigenvalue weighted by Gasteiger charge is 2.28. The number of likely N-dealkylation sites (tertiary alicyclic amines) is 1. The van der Waals surface area contributed by atoms with E-state index >= 15 is 0 Å². The number of rotatable bonds is 5. The van der Waals surface area contributed by atoms with Crippen molar-refractivity contribution in [3.05, 3.63) is 35.7 Å². The smallest absolute Gasteiger partial charge is 0.257 e. The van der Waals surface area contributed by atoms with E-state index in [0.717, 1.165) is 56.0 Å². The quantitative estimate of drug-likeness (QED) is 0.869. The molecule has 0 bridgehead atoms. The number of aromatic nitrogens is 4. The number of hydrogen-bond donors (Lipinski definition) is 1. The number of nitrogens with zero attached hydrogens (tertiary/aromatic N) is 4. The van der Waals surface area contributed by atoms with E-state index in [-0.39, 0.29) is 5.91 Å². The van der Waals surface area contributed by atoms with Crippen molar-refractivity contribution in [1.82, 2.24) is 24.6 Å². The lowest BCUT2D eigenvalue weighted by Gasteiger charge is -2.32. The van der Waals surface area contributed by atoms with Crippen molar-refractivity contribution in [2.24, 2.45) is 5.92 Å². The molecule has 6 heteroatoms. The number of carbonyl (C=O) groups is 1. The van der Waals surface area contributed by atoms with Crippen molar-refractivity contribution in [2.45, 2.75) is 70.8 Å². The number of aryl methyl sites for hydroxylation is 2. The van der Waals surface area contributed by atoms with E-state index in [9.17, 15) is 4.79 Å². The van der Waals surface area contributed by atoms with Gasteiger partial charge in [0.25, 0.3) is 5.91 Å². The molecule has 1 amide bonds. The van der Waals surface area contributed by atoms with Crippen LogP contribution in [0.3, 0.4) is 0 Å². The van der Waals surface area contributed by atoms with E-state index in [1.165, 1.54) is 32.1 Å². The second-order valence-corrected chi connectivity index (χ2v) is 8.22. The van der Waals surface area contributed by atoms with E-state index in [4.69, 9.17) is 0 Å². The van der Waals surface area contributed by atoms with Gasteiger partial charge in [-0.3, -0.25) is 9.89 Å². The second-order valence-electron chi connectivity index (χ2n) is 8.22. The first-order chi connectivity index (χ1) is 13.2. The Morgan fingerprint density at radius 3 is 2.67 bits per heavy atom. The van der Waals surface area contributed by atoms with Gasteiger partial charge in [-0.25, -0.2) is 4.98 Å². The largest absolute Gasteiger partial charge is 0.339 e. The summed E-state index contributed by atoms with van der Waals surface area (Å²) in [6.45, 7) is 4.80. The van der Waals surface area contributed by atoms with E-state index in [0.29, 0.717) is 11.8 Å². The van der Waals surface area contributed by atoms with Crippen LogP contribution in [-0.4, -0.2) is 43.6 Å². The van der Waals surface area contributed by atoms with Crippen LogP contribution in [0.1, 0.15) is 79.2 Å². The molecule has 4 rings (SSSR count). The van der Waals surface area contributed by atoms with Crippen molar-refractivity contribution in [3.8, 4) is 0 Å². The summed E-state index contributed by atoms with van der Waals surface area (Å²) < 4.78 is 2.22. The van der Waals surface area contributed by atoms with Gasteiger partial charge >= 0.3 is 0 Å². The van der Waals surface area contributed by atoms with E-state index in [2.05, 4.69) is 32.9 Å². The highest BCUT2D eigenvalue weighted by atomic mass is 16.2. The van der Waals surface area contributed by atoms with Gasteiger partial charge in [-0.1, -0.05) is 19.3 Å². The molecule has 146 valence electrons. The third-order valence-corrected chi connectivity index (χ3v) is 6.52. The van der Waals surface area contributed by atoms with Crippen LogP contribution in [-0.2, 0) is 6.54 Å². The Bertz CT molecular complexity index is 750. The lowest BCUT2D eigenvalue weighted by Crippen LogP contribution is -2.39. The number of amides is 1. The van der Waals surface area contributed by atoms with Gasteiger partial charge in [0.15, 0.2) is 0 Å². The zero-order valence-electron chi connectivity index (χ0n) is 16.4. The lowest BCUT2D eigenvalue weighted by atomic mass is 9.85. The number of hydrogen-bond acceptors (Lipinski definition) is 3. The summed E-state index contributed by atoms with van der Waals surface area (Å²) in [7, 11) is 0. The number of H-pyrrole nitrogens is 1. The maximum Gasteiger partial charge on any atom is 0.257 e. The molecule has 0 unspecified atom stereocenters. The number of carbonyl (C=O) groups excluding carboxylic acids is 1. The van der Waals surface area contributed by atoms with Crippen molar-refractivity contribution >= 4 is 5.91 Å². The minimum absolute atomic E-state index is 0.174. The van der Waals surface area contributed by atoms with Crippen molar-refractivity contribution in [3.63, 3.8) is 0 Å². The van der Waals surface area contributed by atoms with Crippen LogP contribution in [0.2, 0.25) is 0 Å². The summed E-state index contributed by atoms with van der Waals surface area (Å²) in [6.07, 6.45) is 15.2. The Labute approximate surface area is 161 Å². The van der Waals surface area contributed by atoms with Crippen LogP contribution in [0.15, 0.2) is 18.6 Å². The lowest BCUT2D eigenvalue weighted by molar-refractivity contribution is 0.0683. The van der Waals surface area contributed by atoms with E-state index in [1.807, 2.05) is 11.1 Å². The maximum absolute atomic E-state index is 13.1. The zero-order chi connectivity index (χ0) is 18.6. The average molecular weight is 370 g/mol. The van der Waals surface area contributed by atoms with Gasteiger partial charge in [-0.15, -0.1) is 0 Å². The molecule has 1 saturated heterocycles. The van der Waals surface area contributed by atoms with Crippen LogP contribution in [0, 0.1) is 12.8 Å². The Morgan fingerprint density at radius 1 is 1.19 bits per heavy atom. The minimum Gasteiger partial charge on any atom is -0.339 e. The molecule has 2 aromatic rings. The standard InChI is InChI=1S/C21H31N5O/c1-16-22-10-14-25(16)11-7-17-8-12-26(13-9-17)21(27)19-15-23-24-20(19)18-5-3-2-4-6-18/h10,14-15,17-18H,2-9,11-13H2,1H3,(H,23,24). The van der Waals surface area contributed by atoms with E-state index < -0.39 is 0 Å². The Hall–Kier alpha value is -2.11. The number of nitrogens with one attached hydrogen (secondary N) is 1. The van der Waals surface area contributed by atoms with Crippen LogP contribution < -0.4 is 0 Å². The number of aromatic amines is 1. The van der Waals surface area contributed by atoms with Gasteiger partial charge in [-0.2, -0.15) is 5.10 Å².